The van der Waals surface area contributed by atoms with E-state index >= 15 is 0 Å². The summed E-state index contributed by atoms with van der Waals surface area (Å²) in [7, 11) is 3.85. The van der Waals surface area contributed by atoms with E-state index in [9.17, 15) is 9.59 Å². The lowest BCUT2D eigenvalue weighted by Crippen LogP contribution is -2.31. The second-order valence-corrected chi connectivity index (χ2v) is 8.28. The van der Waals surface area contributed by atoms with Crippen molar-refractivity contribution in [3.63, 3.8) is 0 Å². The van der Waals surface area contributed by atoms with Gasteiger partial charge in [0.25, 0.3) is 11.8 Å². The molecule has 30 heavy (non-hydrogen) atoms. The van der Waals surface area contributed by atoms with Crippen LogP contribution < -0.4 is 9.80 Å². The minimum absolute atomic E-state index is 0.303. The molecule has 0 saturated heterocycles. The monoisotopic (exact) mass is 418 g/mol. The summed E-state index contributed by atoms with van der Waals surface area (Å²) < 4.78 is 5.41. The molecule has 2 amide bonds. The van der Waals surface area contributed by atoms with Crippen LogP contribution in [-0.4, -0.2) is 25.9 Å². The second-order valence-electron chi connectivity index (χ2n) is 7.30. The molecule has 5 nitrogen and oxygen atoms in total. The zero-order valence-electron chi connectivity index (χ0n) is 17.1. The van der Waals surface area contributed by atoms with Gasteiger partial charge in [-0.05, 0) is 42.8 Å². The van der Waals surface area contributed by atoms with Gasteiger partial charge in [-0.15, -0.1) is 11.8 Å². The highest BCUT2D eigenvalue weighted by Crippen LogP contribution is 2.40. The Labute approximate surface area is 180 Å². The number of rotatable bonds is 6. The Bertz CT molecular complexity index is 1120. The second kappa shape index (κ2) is 8.24. The molecule has 1 aromatic heterocycles. The summed E-state index contributed by atoms with van der Waals surface area (Å²) >= 11 is 1.33. The third-order valence-corrected chi connectivity index (χ3v) is 6.02. The first-order valence-electron chi connectivity index (χ1n) is 9.58. The standard InChI is InChI=1S/C24H22N2O3S/c1-16-9-11-17(12-10-16)21-22(30-15-20-8-5-13-29-20)24(28)26(23(21)27)19-7-4-6-18(14-19)25(2)3/h4-14H,15H2,1-3H3. The van der Waals surface area contributed by atoms with Crippen molar-refractivity contribution in [3.05, 3.63) is 88.7 Å². The Hall–Kier alpha value is -3.25. The predicted octanol–water partition coefficient (Wildman–Crippen LogP) is 4.87. The molecule has 0 aliphatic carbocycles. The lowest BCUT2D eigenvalue weighted by Gasteiger charge is -2.19. The maximum absolute atomic E-state index is 13.5. The van der Waals surface area contributed by atoms with Crippen molar-refractivity contribution >= 4 is 40.5 Å². The highest BCUT2D eigenvalue weighted by atomic mass is 32.2. The van der Waals surface area contributed by atoms with Crippen LogP contribution in [0.2, 0.25) is 0 Å². The molecule has 6 heteroatoms. The van der Waals surface area contributed by atoms with Crippen LogP contribution in [0.15, 0.2) is 76.2 Å². The molecule has 152 valence electrons. The van der Waals surface area contributed by atoms with Gasteiger partial charge in [0.15, 0.2) is 0 Å². The zero-order chi connectivity index (χ0) is 21.3. The minimum Gasteiger partial charge on any atom is -0.468 e. The van der Waals surface area contributed by atoms with Gasteiger partial charge in [0.1, 0.15) is 5.76 Å². The van der Waals surface area contributed by atoms with Crippen molar-refractivity contribution < 1.29 is 14.0 Å². The molecule has 2 heterocycles. The highest BCUT2D eigenvalue weighted by Gasteiger charge is 2.40. The van der Waals surface area contributed by atoms with Gasteiger partial charge in [0.05, 0.1) is 28.2 Å². The largest absolute Gasteiger partial charge is 0.468 e. The quantitative estimate of drug-likeness (QED) is 0.535. The first kappa shape index (κ1) is 20.0. The van der Waals surface area contributed by atoms with Crippen LogP contribution in [0.5, 0.6) is 0 Å². The number of anilines is 2. The number of carbonyl (C=O) groups is 2. The molecular weight excluding hydrogens is 396 g/mol. The minimum atomic E-state index is -0.304. The number of furan rings is 1. The topological polar surface area (TPSA) is 53.8 Å². The fraction of sp³-hybridized carbons (Fsp3) is 0.167. The molecule has 0 unspecified atom stereocenters. The molecule has 0 N–H and O–H groups in total. The molecule has 3 aromatic rings. The van der Waals surface area contributed by atoms with Gasteiger partial charge < -0.3 is 9.32 Å². The Kier molecular flexibility index (Phi) is 5.50. The van der Waals surface area contributed by atoms with Crippen LogP contribution >= 0.6 is 11.8 Å². The van der Waals surface area contributed by atoms with E-state index in [1.165, 1.54) is 16.7 Å². The summed E-state index contributed by atoms with van der Waals surface area (Å²) in [6.45, 7) is 1.99. The summed E-state index contributed by atoms with van der Waals surface area (Å²) in [4.78, 5) is 30.5. The maximum Gasteiger partial charge on any atom is 0.272 e. The Morgan fingerprint density at radius 1 is 0.967 bits per heavy atom. The molecular formula is C24H22N2O3S. The number of hydrogen-bond donors (Lipinski definition) is 0. The lowest BCUT2D eigenvalue weighted by molar-refractivity contribution is -0.119. The number of imide groups is 1. The average Bonchev–Trinajstić information content (AvgIpc) is 3.33. The summed E-state index contributed by atoms with van der Waals surface area (Å²) in [5, 5.41) is 0. The van der Waals surface area contributed by atoms with Gasteiger partial charge in [-0.1, -0.05) is 35.9 Å². The number of thioether (sulfide) groups is 1. The van der Waals surface area contributed by atoms with Crippen LogP contribution in [0.3, 0.4) is 0 Å². The fourth-order valence-corrected chi connectivity index (χ4v) is 4.32. The van der Waals surface area contributed by atoms with E-state index in [1.54, 1.807) is 12.3 Å². The number of nitrogens with zero attached hydrogens (tertiary/aromatic N) is 2. The predicted molar refractivity (Wildman–Crippen MR) is 121 cm³/mol. The van der Waals surface area contributed by atoms with E-state index in [0.717, 1.165) is 22.6 Å². The van der Waals surface area contributed by atoms with E-state index in [2.05, 4.69) is 0 Å². The molecule has 0 radical (unpaired) electrons. The van der Waals surface area contributed by atoms with Crippen LogP contribution in [-0.2, 0) is 15.3 Å². The lowest BCUT2D eigenvalue weighted by atomic mass is 10.0. The molecule has 1 aliphatic heterocycles. The smallest absolute Gasteiger partial charge is 0.272 e. The molecule has 0 fully saturated rings. The van der Waals surface area contributed by atoms with Crippen LogP contribution in [0.1, 0.15) is 16.9 Å². The SMILES string of the molecule is Cc1ccc(C2=C(SCc3ccco3)C(=O)N(c3cccc(N(C)C)c3)C2=O)cc1. The summed E-state index contributed by atoms with van der Waals surface area (Å²) in [6.07, 6.45) is 1.60. The van der Waals surface area contributed by atoms with Crippen molar-refractivity contribution in [3.8, 4) is 0 Å². The van der Waals surface area contributed by atoms with Crippen LogP contribution in [0.25, 0.3) is 5.57 Å². The first-order valence-corrected chi connectivity index (χ1v) is 10.6. The fourth-order valence-electron chi connectivity index (χ4n) is 3.30. The molecule has 4 rings (SSSR count). The Morgan fingerprint density at radius 2 is 1.73 bits per heavy atom. The van der Waals surface area contributed by atoms with E-state index in [4.69, 9.17) is 4.42 Å². The molecule has 0 bridgehead atoms. The Morgan fingerprint density at radius 3 is 2.40 bits per heavy atom. The van der Waals surface area contributed by atoms with Gasteiger partial charge in [0, 0.05) is 19.8 Å². The van der Waals surface area contributed by atoms with Gasteiger partial charge in [-0.25, -0.2) is 4.90 Å². The van der Waals surface area contributed by atoms with E-state index in [-0.39, 0.29) is 11.8 Å². The van der Waals surface area contributed by atoms with Crippen molar-refractivity contribution in [2.75, 3.05) is 23.9 Å². The van der Waals surface area contributed by atoms with E-state index < -0.39 is 0 Å². The molecule has 0 saturated carbocycles. The molecule has 2 aromatic carbocycles. The molecule has 0 atom stereocenters. The summed E-state index contributed by atoms with van der Waals surface area (Å²) in [5.74, 6) is 0.622. The Balaban J connectivity index is 1.75. The third kappa shape index (κ3) is 3.78. The molecule has 1 aliphatic rings. The van der Waals surface area contributed by atoms with Crippen molar-refractivity contribution in [2.24, 2.45) is 0 Å². The zero-order valence-corrected chi connectivity index (χ0v) is 17.9. The number of hydrogen-bond acceptors (Lipinski definition) is 5. The van der Waals surface area contributed by atoms with Crippen molar-refractivity contribution in [1.82, 2.24) is 0 Å². The third-order valence-electron chi connectivity index (χ3n) is 4.92. The van der Waals surface area contributed by atoms with Gasteiger partial charge in [-0.3, -0.25) is 9.59 Å². The van der Waals surface area contributed by atoms with Gasteiger partial charge in [0.2, 0.25) is 0 Å². The normalized spacial score (nSPS) is 14.0. The highest BCUT2D eigenvalue weighted by molar-refractivity contribution is 8.03. The number of amides is 2. The van der Waals surface area contributed by atoms with Crippen LogP contribution in [0, 0.1) is 6.92 Å². The van der Waals surface area contributed by atoms with Gasteiger partial charge >= 0.3 is 0 Å². The van der Waals surface area contributed by atoms with Crippen molar-refractivity contribution in [1.29, 1.82) is 0 Å². The van der Waals surface area contributed by atoms with Crippen LogP contribution in [0.4, 0.5) is 11.4 Å². The number of aryl methyl sites for hydroxylation is 1. The summed E-state index contributed by atoms with van der Waals surface area (Å²) in [6, 6.07) is 18.8. The molecule has 0 spiro atoms. The van der Waals surface area contributed by atoms with E-state index in [1.807, 2.05) is 80.5 Å². The maximum atomic E-state index is 13.5. The van der Waals surface area contributed by atoms with E-state index in [0.29, 0.717) is 21.9 Å². The van der Waals surface area contributed by atoms with Gasteiger partial charge in [-0.2, -0.15) is 0 Å². The first-order chi connectivity index (χ1) is 14.5. The average molecular weight is 419 g/mol. The number of benzene rings is 2. The number of carbonyl (C=O) groups excluding carboxylic acids is 2. The summed E-state index contributed by atoms with van der Waals surface area (Å²) in [5.41, 5.74) is 3.76. The van der Waals surface area contributed by atoms with Crippen molar-refractivity contribution in [2.45, 2.75) is 12.7 Å².